The number of nitrogens with zero attached hydrogens (tertiary/aromatic N) is 3. The fourth-order valence-electron chi connectivity index (χ4n) is 5.34. The number of amides is 2. The number of fused-ring (bicyclic) bond motifs is 1. The lowest BCUT2D eigenvalue weighted by Gasteiger charge is -2.37. The van der Waals surface area contributed by atoms with Crippen LogP contribution in [-0.4, -0.2) is 82.4 Å². The normalized spacial score (nSPS) is 23.6. The number of piperidine rings is 2. The summed E-state index contributed by atoms with van der Waals surface area (Å²) in [5, 5.41) is 10.7. The highest BCUT2D eigenvalue weighted by molar-refractivity contribution is 5.97. The molecule has 3 aliphatic rings. The number of aromatic amines is 1. The number of H-pyrrole nitrogens is 1. The predicted molar refractivity (Wildman–Crippen MR) is 125 cm³/mol. The Kier molecular flexibility index (Phi) is 6.97. The molecule has 3 fully saturated rings. The van der Waals surface area contributed by atoms with E-state index in [9.17, 15) is 14.4 Å². The smallest absolute Gasteiger partial charge is 0.290 e. The van der Waals surface area contributed by atoms with Gasteiger partial charge >= 0.3 is 0 Å². The molecule has 2 atom stereocenters. The molecule has 5 rings (SSSR count). The first-order valence-corrected chi connectivity index (χ1v) is 11.7. The zero-order valence-corrected chi connectivity index (χ0v) is 19.3. The van der Waals surface area contributed by atoms with Crippen molar-refractivity contribution >= 4 is 29.3 Å². The molecule has 2 saturated heterocycles. The molecule has 1 saturated carbocycles. The van der Waals surface area contributed by atoms with Gasteiger partial charge in [-0.1, -0.05) is 0 Å². The van der Waals surface area contributed by atoms with E-state index < -0.39 is 5.56 Å². The summed E-state index contributed by atoms with van der Waals surface area (Å²) < 4.78 is 0. The van der Waals surface area contributed by atoms with Gasteiger partial charge in [0.05, 0.1) is 5.92 Å². The second kappa shape index (κ2) is 9.92. The van der Waals surface area contributed by atoms with E-state index in [1.807, 2.05) is 11.0 Å². The monoisotopic (exact) mass is 469 g/mol. The van der Waals surface area contributed by atoms with Gasteiger partial charge in [0.1, 0.15) is 11.2 Å². The fraction of sp³-hybridized carbons (Fsp3) is 0.542. The Morgan fingerprint density at radius 2 is 2.03 bits per heavy atom. The van der Waals surface area contributed by atoms with Gasteiger partial charge in [-0.25, -0.2) is 4.98 Å². The standard InChI is InChI=1S/C23H29N5O3.CH2O2/c1-27-9-3-5-16(14-27)22(31)28-10-6-23(7-11-28)13-18(23)25-20(29)17-12-15-4-2-8-24-19(15)26-21(17)30;2-1-3/h2,4,8,12,16,18H,3,5-7,9-11,13-14H2,1H3,(H,25,29)(H,24,26,30);1H,(H,2,3). The second-order valence-electron chi connectivity index (χ2n) is 9.58. The van der Waals surface area contributed by atoms with Gasteiger partial charge in [-0.3, -0.25) is 19.2 Å². The predicted octanol–water partition coefficient (Wildman–Crippen LogP) is 1.08. The van der Waals surface area contributed by atoms with Crippen molar-refractivity contribution in [3.8, 4) is 0 Å². The van der Waals surface area contributed by atoms with Crippen molar-refractivity contribution in [1.82, 2.24) is 25.1 Å². The van der Waals surface area contributed by atoms with E-state index in [0.717, 1.165) is 63.7 Å². The molecule has 4 heterocycles. The molecule has 2 aliphatic heterocycles. The fourth-order valence-corrected chi connectivity index (χ4v) is 5.34. The van der Waals surface area contributed by atoms with Gasteiger partial charge in [-0.15, -0.1) is 0 Å². The Bertz CT molecular complexity index is 1120. The molecule has 34 heavy (non-hydrogen) atoms. The first kappa shape index (κ1) is 23.9. The first-order valence-electron chi connectivity index (χ1n) is 11.7. The van der Waals surface area contributed by atoms with Gasteiger partial charge in [0.2, 0.25) is 5.91 Å². The lowest BCUT2D eigenvalue weighted by Crippen LogP contribution is -2.47. The minimum Gasteiger partial charge on any atom is -0.483 e. The summed E-state index contributed by atoms with van der Waals surface area (Å²) in [5.74, 6) is 0.0770. The number of aromatic nitrogens is 2. The number of nitrogens with one attached hydrogen (secondary N) is 2. The Labute approximate surface area is 197 Å². The largest absolute Gasteiger partial charge is 0.483 e. The van der Waals surface area contributed by atoms with Gasteiger partial charge in [-0.2, -0.15) is 0 Å². The van der Waals surface area contributed by atoms with Crippen LogP contribution in [0, 0.1) is 11.3 Å². The summed E-state index contributed by atoms with van der Waals surface area (Å²) in [6.45, 7) is 3.20. The average molecular weight is 470 g/mol. The molecule has 1 aliphatic carbocycles. The van der Waals surface area contributed by atoms with Gasteiger partial charge < -0.3 is 25.2 Å². The highest BCUT2D eigenvalue weighted by Crippen LogP contribution is 2.54. The molecule has 0 aromatic carbocycles. The van der Waals surface area contributed by atoms with Crippen LogP contribution in [0.25, 0.3) is 11.0 Å². The highest BCUT2D eigenvalue weighted by atomic mass is 16.3. The first-order chi connectivity index (χ1) is 16.4. The highest BCUT2D eigenvalue weighted by Gasteiger charge is 2.56. The van der Waals surface area contributed by atoms with Crippen LogP contribution >= 0.6 is 0 Å². The molecule has 2 aromatic rings. The average Bonchev–Trinajstić information content (AvgIpc) is 3.49. The van der Waals surface area contributed by atoms with E-state index in [1.165, 1.54) is 0 Å². The summed E-state index contributed by atoms with van der Waals surface area (Å²) in [7, 11) is 2.08. The van der Waals surface area contributed by atoms with Crippen molar-refractivity contribution in [3.05, 3.63) is 40.3 Å². The lowest BCUT2D eigenvalue weighted by molar-refractivity contribution is -0.138. The van der Waals surface area contributed by atoms with E-state index in [-0.39, 0.29) is 35.3 Å². The van der Waals surface area contributed by atoms with Crippen molar-refractivity contribution in [1.29, 1.82) is 0 Å². The molecule has 0 bridgehead atoms. The minimum absolute atomic E-state index is 0.0704. The summed E-state index contributed by atoms with van der Waals surface area (Å²) >= 11 is 0. The maximum absolute atomic E-state index is 12.9. The SMILES string of the molecule is CN1CCCC(C(=O)N2CCC3(CC2)CC3NC(=O)c2cc3cccnc3[nH]c2=O)C1.O=CO. The third kappa shape index (κ3) is 4.96. The van der Waals surface area contributed by atoms with Crippen molar-refractivity contribution in [2.75, 3.05) is 33.2 Å². The minimum atomic E-state index is -0.420. The van der Waals surface area contributed by atoms with Crippen molar-refractivity contribution in [2.24, 2.45) is 11.3 Å². The molecule has 2 amide bonds. The Balaban J connectivity index is 0.000000868. The van der Waals surface area contributed by atoms with Crippen LogP contribution in [0.1, 0.15) is 42.5 Å². The van der Waals surface area contributed by atoms with E-state index in [1.54, 1.807) is 18.3 Å². The van der Waals surface area contributed by atoms with Crippen LogP contribution in [-0.2, 0) is 9.59 Å². The zero-order valence-electron chi connectivity index (χ0n) is 19.3. The number of likely N-dealkylation sites (tertiary alicyclic amines) is 2. The number of hydrogen-bond acceptors (Lipinski definition) is 6. The Morgan fingerprint density at radius 3 is 2.74 bits per heavy atom. The molecule has 2 unspecified atom stereocenters. The van der Waals surface area contributed by atoms with Crippen LogP contribution in [0.2, 0.25) is 0 Å². The van der Waals surface area contributed by atoms with Crippen molar-refractivity contribution in [3.63, 3.8) is 0 Å². The van der Waals surface area contributed by atoms with Crippen molar-refractivity contribution < 1.29 is 19.5 Å². The molecular weight excluding hydrogens is 438 g/mol. The number of carbonyl (C=O) groups excluding carboxylic acids is 2. The molecular formula is C24H31N5O5. The molecule has 10 nitrogen and oxygen atoms in total. The number of rotatable bonds is 3. The van der Waals surface area contributed by atoms with Gasteiger partial charge in [0.25, 0.3) is 17.9 Å². The van der Waals surface area contributed by atoms with Gasteiger partial charge in [0, 0.05) is 37.3 Å². The van der Waals surface area contributed by atoms with Crippen LogP contribution in [0.4, 0.5) is 0 Å². The zero-order chi connectivity index (χ0) is 24.3. The summed E-state index contributed by atoms with van der Waals surface area (Å²) in [5.41, 5.74) is 0.252. The van der Waals surface area contributed by atoms with Crippen LogP contribution < -0.4 is 10.9 Å². The van der Waals surface area contributed by atoms with Crippen LogP contribution in [0.3, 0.4) is 0 Å². The van der Waals surface area contributed by atoms with Crippen molar-refractivity contribution in [2.45, 2.75) is 38.1 Å². The number of hydrogen-bond donors (Lipinski definition) is 3. The number of pyridine rings is 2. The maximum Gasteiger partial charge on any atom is 0.290 e. The molecule has 0 radical (unpaired) electrons. The third-order valence-electron chi connectivity index (χ3n) is 7.40. The van der Waals surface area contributed by atoms with Crippen LogP contribution in [0.15, 0.2) is 29.2 Å². The summed E-state index contributed by atoms with van der Waals surface area (Å²) in [4.78, 5) is 57.4. The van der Waals surface area contributed by atoms with E-state index in [4.69, 9.17) is 9.90 Å². The number of carboxylic acid groups (broad SMARTS) is 1. The van der Waals surface area contributed by atoms with E-state index in [0.29, 0.717) is 11.6 Å². The van der Waals surface area contributed by atoms with E-state index >= 15 is 0 Å². The topological polar surface area (TPSA) is 136 Å². The quantitative estimate of drug-likeness (QED) is 0.572. The second-order valence-corrected chi connectivity index (χ2v) is 9.58. The molecule has 1 spiro atoms. The molecule has 182 valence electrons. The molecule has 10 heteroatoms. The lowest BCUT2D eigenvalue weighted by atomic mass is 9.90. The summed E-state index contributed by atoms with van der Waals surface area (Å²) in [6, 6.07) is 5.28. The summed E-state index contributed by atoms with van der Waals surface area (Å²) in [6.07, 6.45) is 6.41. The Hall–Kier alpha value is -3.27. The molecule has 2 aromatic heterocycles. The third-order valence-corrected chi connectivity index (χ3v) is 7.40. The van der Waals surface area contributed by atoms with Crippen LogP contribution in [0.5, 0.6) is 0 Å². The Morgan fingerprint density at radius 1 is 1.29 bits per heavy atom. The van der Waals surface area contributed by atoms with Gasteiger partial charge in [0.15, 0.2) is 0 Å². The number of carbonyl (C=O) groups is 3. The van der Waals surface area contributed by atoms with Gasteiger partial charge in [-0.05, 0) is 69.3 Å². The maximum atomic E-state index is 12.9. The van der Waals surface area contributed by atoms with E-state index in [2.05, 4.69) is 27.2 Å². The molecule has 3 N–H and O–H groups in total.